The van der Waals surface area contributed by atoms with Crippen LogP contribution in [0.15, 0.2) is 30.5 Å². The number of hydrogen-bond donors (Lipinski definition) is 2. The van der Waals surface area contributed by atoms with Gasteiger partial charge in [0.15, 0.2) is 0 Å². The van der Waals surface area contributed by atoms with Gasteiger partial charge in [-0.15, -0.1) is 0 Å². The van der Waals surface area contributed by atoms with Gasteiger partial charge in [-0.05, 0) is 63.5 Å². The zero-order valence-electron chi connectivity index (χ0n) is 16.9. The Morgan fingerprint density at radius 2 is 1.77 bits per heavy atom. The second kappa shape index (κ2) is 11.9. The van der Waals surface area contributed by atoms with E-state index < -0.39 is 11.9 Å². The summed E-state index contributed by atoms with van der Waals surface area (Å²) in [6.45, 7) is 1.14. The Hall–Kier alpha value is -2.09. The van der Waals surface area contributed by atoms with Gasteiger partial charge in [0.05, 0.1) is 21.4 Å². The maximum Gasteiger partial charge on any atom is 0.414 e. The van der Waals surface area contributed by atoms with E-state index in [-0.39, 0.29) is 0 Å². The molecule has 1 fully saturated rings. The lowest BCUT2D eigenvalue weighted by molar-refractivity contribution is -0.159. The van der Waals surface area contributed by atoms with Crippen LogP contribution in [0, 0.1) is 0 Å². The van der Waals surface area contributed by atoms with E-state index in [9.17, 15) is 0 Å². The minimum atomic E-state index is -1.82. The third-order valence-electron chi connectivity index (χ3n) is 5.14. The van der Waals surface area contributed by atoms with E-state index in [0.29, 0.717) is 10.0 Å². The number of carbonyl (C=O) groups is 2. The largest absolute Gasteiger partial charge is 0.473 e. The highest BCUT2D eigenvalue weighted by molar-refractivity contribution is 6.42. The monoisotopic (exact) mass is 455 g/mol. The van der Waals surface area contributed by atoms with Crippen LogP contribution < -0.4 is 0 Å². The van der Waals surface area contributed by atoms with Crippen LogP contribution in [-0.4, -0.2) is 56.5 Å². The third-order valence-corrected chi connectivity index (χ3v) is 5.88. The van der Waals surface area contributed by atoms with E-state index in [1.165, 1.54) is 32.1 Å². The molecule has 0 amide bonds. The van der Waals surface area contributed by atoms with Crippen molar-refractivity contribution >= 4 is 35.1 Å². The number of rotatable bonds is 6. The number of halogens is 2. The molecule has 3 rings (SSSR count). The maximum atomic E-state index is 9.10. The molecule has 164 valence electrons. The summed E-state index contributed by atoms with van der Waals surface area (Å²) in [5.74, 6) is -3.65. The second-order valence-electron chi connectivity index (χ2n) is 7.34. The van der Waals surface area contributed by atoms with Gasteiger partial charge in [0, 0.05) is 12.2 Å². The Kier molecular flexibility index (Phi) is 9.62. The lowest BCUT2D eigenvalue weighted by atomic mass is 9.94. The maximum absolute atomic E-state index is 9.10. The molecule has 0 atom stereocenters. The van der Waals surface area contributed by atoms with Gasteiger partial charge in [-0.1, -0.05) is 42.5 Å². The van der Waals surface area contributed by atoms with Crippen molar-refractivity contribution in [1.29, 1.82) is 0 Å². The summed E-state index contributed by atoms with van der Waals surface area (Å²) in [4.78, 5) is 20.7. The SMILES string of the molecule is CN(CCCc1ccn(-c2ccc(Cl)c(Cl)c2)n1)C1CCCCC1.O=C(O)C(=O)O. The van der Waals surface area contributed by atoms with Gasteiger partial charge in [-0.2, -0.15) is 5.10 Å². The summed E-state index contributed by atoms with van der Waals surface area (Å²) < 4.78 is 1.86. The highest BCUT2D eigenvalue weighted by atomic mass is 35.5. The van der Waals surface area contributed by atoms with E-state index in [1.807, 2.05) is 23.0 Å². The Morgan fingerprint density at radius 3 is 2.37 bits per heavy atom. The van der Waals surface area contributed by atoms with Crippen LogP contribution in [0.25, 0.3) is 5.69 Å². The molecule has 0 bridgehead atoms. The van der Waals surface area contributed by atoms with Crippen LogP contribution in [0.5, 0.6) is 0 Å². The Morgan fingerprint density at radius 1 is 1.10 bits per heavy atom. The lowest BCUT2D eigenvalue weighted by Crippen LogP contribution is -2.34. The predicted molar refractivity (Wildman–Crippen MR) is 117 cm³/mol. The van der Waals surface area contributed by atoms with E-state index in [0.717, 1.165) is 36.8 Å². The first kappa shape index (κ1) is 24.2. The van der Waals surface area contributed by atoms with Crippen LogP contribution >= 0.6 is 23.2 Å². The van der Waals surface area contributed by atoms with Crippen molar-refractivity contribution in [3.63, 3.8) is 0 Å². The van der Waals surface area contributed by atoms with Crippen molar-refractivity contribution in [2.45, 2.75) is 51.0 Å². The van der Waals surface area contributed by atoms with Gasteiger partial charge in [0.25, 0.3) is 0 Å². The molecule has 2 aromatic rings. The average Bonchev–Trinajstić information content (AvgIpc) is 3.20. The number of benzene rings is 1. The summed E-state index contributed by atoms with van der Waals surface area (Å²) in [6, 6.07) is 8.45. The topological polar surface area (TPSA) is 95.7 Å². The molecule has 1 aromatic carbocycles. The molecule has 0 unspecified atom stereocenters. The van der Waals surface area contributed by atoms with Crippen molar-refractivity contribution in [2.24, 2.45) is 0 Å². The smallest absolute Gasteiger partial charge is 0.414 e. The molecular formula is C21H27Cl2N3O4. The Bertz CT molecular complexity index is 839. The highest BCUT2D eigenvalue weighted by Gasteiger charge is 2.17. The van der Waals surface area contributed by atoms with E-state index in [1.54, 1.807) is 6.07 Å². The number of aromatic nitrogens is 2. The first-order valence-corrected chi connectivity index (χ1v) is 10.7. The minimum Gasteiger partial charge on any atom is -0.473 e. The van der Waals surface area contributed by atoms with Gasteiger partial charge in [-0.3, -0.25) is 0 Å². The van der Waals surface area contributed by atoms with E-state index >= 15 is 0 Å². The molecule has 30 heavy (non-hydrogen) atoms. The van der Waals surface area contributed by atoms with Crippen molar-refractivity contribution < 1.29 is 19.8 Å². The molecular weight excluding hydrogens is 429 g/mol. The van der Waals surface area contributed by atoms with Gasteiger partial charge in [0.2, 0.25) is 0 Å². The molecule has 1 aliphatic carbocycles. The predicted octanol–water partition coefficient (Wildman–Crippen LogP) is 4.53. The van der Waals surface area contributed by atoms with Crippen LogP contribution in [0.1, 0.15) is 44.2 Å². The fraction of sp³-hybridized carbons (Fsp3) is 0.476. The van der Waals surface area contributed by atoms with Crippen LogP contribution in [-0.2, 0) is 16.0 Å². The number of nitrogens with zero attached hydrogens (tertiary/aromatic N) is 3. The molecule has 1 saturated carbocycles. The summed E-state index contributed by atoms with van der Waals surface area (Å²) in [6.07, 6.45) is 11.1. The van der Waals surface area contributed by atoms with Gasteiger partial charge < -0.3 is 15.1 Å². The van der Waals surface area contributed by atoms with Crippen LogP contribution in [0.4, 0.5) is 0 Å². The fourth-order valence-electron chi connectivity index (χ4n) is 3.48. The quantitative estimate of drug-likeness (QED) is 0.620. The van der Waals surface area contributed by atoms with E-state index in [4.69, 9.17) is 43.0 Å². The molecule has 1 aliphatic rings. The number of hydrogen-bond acceptors (Lipinski definition) is 4. The molecule has 1 aromatic heterocycles. The fourth-order valence-corrected chi connectivity index (χ4v) is 3.77. The third kappa shape index (κ3) is 7.63. The van der Waals surface area contributed by atoms with Crippen LogP contribution in [0.2, 0.25) is 10.0 Å². The number of carboxylic acids is 2. The highest BCUT2D eigenvalue weighted by Crippen LogP contribution is 2.24. The minimum absolute atomic E-state index is 0.556. The van der Waals surface area contributed by atoms with Crippen LogP contribution in [0.3, 0.4) is 0 Å². The van der Waals surface area contributed by atoms with Crippen molar-refractivity contribution in [3.05, 3.63) is 46.2 Å². The van der Waals surface area contributed by atoms with E-state index in [2.05, 4.69) is 23.1 Å². The standard InChI is InChI=1S/C19H25Cl2N3.C2H2O4/c1-23(16-7-3-2-4-8-16)12-5-6-15-11-13-24(22-15)17-9-10-18(20)19(21)14-17;3-1(4)2(5)6/h9-11,13-14,16H,2-8,12H2,1H3;(H,3,4)(H,5,6). The molecule has 0 saturated heterocycles. The molecule has 7 nitrogen and oxygen atoms in total. The molecule has 9 heteroatoms. The molecule has 2 N–H and O–H groups in total. The lowest BCUT2D eigenvalue weighted by Gasteiger charge is -2.31. The molecule has 1 heterocycles. The number of aryl methyl sites for hydroxylation is 1. The normalized spacial score (nSPS) is 14.3. The van der Waals surface area contributed by atoms with Crippen molar-refractivity contribution in [2.75, 3.05) is 13.6 Å². The first-order chi connectivity index (χ1) is 14.3. The zero-order chi connectivity index (χ0) is 22.1. The Labute approximate surface area is 186 Å². The number of carboxylic acid groups (broad SMARTS) is 2. The summed E-state index contributed by atoms with van der Waals surface area (Å²) in [5.41, 5.74) is 2.06. The molecule has 0 radical (unpaired) electrons. The van der Waals surface area contributed by atoms with Gasteiger partial charge >= 0.3 is 11.9 Å². The van der Waals surface area contributed by atoms with Crippen molar-refractivity contribution in [1.82, 2.24) is 14.7 Å². The average molecular weight is 456 g/mol. The first-order valence-electron chi connectivity index (χ1n) is 9.94. The second-order valence-corrected chi connectivity index (χ2v) is 8.15. The molecule has 0 aliphatic heterocycles. The van der Waals surface area contributed by atoms with Gasteiger partial charge in [0.1, 0.15) is 0 Å². The summed E-state index contributed by atoms with van der Waals surface area (Å²) >= 11 is 12.1. The summed E-state index contributed by atoms with van der Waals surface area (Å²) in [7, 11) is 2.27. The molecule has 0 spiro atoms. The van der Waals surface area contributed by atoms with Crippen molar-refractivity contribution in [3.8, 4) is 5.69 Å². The zero-order valence-corrected chi connectivity index (χ0v) is 18.4. The summed E-state index contributed by atoms with van der Waals surface area (Å²) in [5, 5.41) is 20.6. The Balaban J connectivity index is 0.000000469. The van der Waals surface area contributed by atoms with Gasteiger partial charge in [-0.25, -0.2) is 14.3 Å². The number of aliphatic carboxylic acids is 2.